The SMILES string of the molecule is Cc1ncccc1Nc1nc2c(Oc3c(Cl)c(F)cc4[nH]ncc34)cccc2c(N2CCN(C(=O)OC(C)(C)C)CC2)c1C#N. The molecule has 1 aliphatic heterocycles. The summed E-state index contributed by atoms with van der Waals surface area (Å²) in [6, 6.07) is 12.6. The van der Waals surface area contributed by atoms with E-state index in [1.165, 1.54) is 12.3 Å². The van der Waals surface area contributed by atoms with Gasteiger partial charge in [-0.05, 0) is 45.9 Å². The van der Waals surface area contributed by atoms with Crippen molar-refractivity contribution in [2.24, 2.45) is 0 Å². The Morgan fingerprint density at radius 3 is 2.64 bits per heavy atom. The molecule has 11 nitrogen and oxygen atoms in total. The van der Waals surface area contributed by atoms with Crippen LogP contribution in [0.15, 0.2) is 48.8 Å². The summed E-state index contributed by atoms with van der Waals surface area (Å²) < 4.78 is 26.6. The number of aromatic nitrogens is 4. The first-order chi connectivity index (χ1) is 21.5. The van der Waals surface area contributed by atoms with Gasteiger partial charge < -0.3 is 24.6 Å². The van der Waals surface area contributed by atoms with Gasteiger partial charge in [0.05, 0.1) is 34.2 Å². The van der Waals surface area contributed by atoms with Crippen molar-refractivity contribution < 1.29 is 18.7 Å². The first kappa shape index (κ1) is 29.9. The summed E-state index contributed by atoms with van der Waals surface area (Å²) in [5.74, 6) is 0.0117. The normalized spacial score (nSPS) is 13.6. The van der Waals surface area contributed by atoms with Crippen LogP contribution in [-0.2, 0) is 4.74 Å². The zero-order chi connectivity index (χ0) is 31.9. The number of fused-ring (bicyclic) bond motifs is 2. The number of ether oxygens (including phenoxy) is 2. The molecular weight excluding hydrogens is 599 g/mol. The van der Waals surface area contributed by atoms with E-state index in [1.807, 2.05) is 39.8 Å². The fourth-order valence-electron chi connectivity index (χ4n) is 5.25. The fourth-order valence-corrected chi connectivity index (χ4v) is 5.44. The number of benzene rings is 2. The van der Waals surface area contributed by atoms with Gasteiger partial charge in [-0.2, -0.15) is 10.4 Å². The first-order valence-electron chi connectivity index (χ1n) is 14.3. The molecule has 1 aliphatic rings. The number of nitriles is 1. The van der Waals surface area contributed by atoms with E-state index in [2.05, 4.69) is 31.5 Å². The summed E-state index contributed by atoms with van der Waals surface area (Å²) in [5, 5.41) is 21.5. The molecule has 6 rings (SSSR count). The Labute approximate surface area is 263 Å². The Balaban J connectivity index is 1.47. The van der Waals surface area contributed by atoms with E-state index >= 15 is 0 Å². The summed E-state index contributed by atoms with van der Waals surface area (Å²) in [7, 11) is 0. The van der Waals surface area contributed by atoms with E-state index < -0.39 is 11.4 Å². The molecule has 2 N–H and O–H groups in total. The largest absolute Gasteiger partial charge is 0.453 e. The van der Waals surface area contributed by atoms with Crippen LogP contribution in [0.2, 0.25) is 5.02 Å². The molecule has 0 atom stereocenters. The van der Waals surface area contributed by atoms with Crippen molar-refractivity contribution in [3.8, 4) is 17.6 Å². The molecule has 0 unspecified atom stereocenters. The van der Waals surface area contributed by atoms with Gasteiger partial charge in [-0.15, -0.1) is 0 Å². The maximum absolute atomic E-state index is 14.8. The number of piperazine rings is 1. The third kappa shape index (κ3) is 5.86. The van der Waals surface area contributed by atoms with Crippen LogP contribution in [0, 0.1) is 24.1 Å². The number of carbonyl (C=O) groups is 1. The molecule has 0 spiro atoms. The molecule has 0 radical (unpaired) electrons. The van der Waals surface area contributed by atoms with Crippen LogP contribution in [0.5, 0.6) is 11.5 Å². The van der Waals surface area contributed by atoms with E-state index in [1.54, 1.807) is 29.3 Å². The molecule has 1 amide bonds. The summed E-state index contributed by atoms with van der Waals surface area (Å²) in [5.41, 5.74) is 2.56. The molecule has 4 heterocycles. The number of para-hydroxylation sites is 1. The lowest BCUT2D eigenvalue weighted by molar-refractivity contribution is 0.0240. The molecule has 13 heteroatoms. The number of pyridine rings is 2. The maximum Gasteiger partial charge on any atom is 0.410 e. The first-order valence-corrected chi connectivity index (χ1v) is 14.7. The molecule has 1 fully saturated rings. The van der Waals surface area contributed by atoms with Crippen molar-refractivity contribution in [3.63, 3.8) is 0 Å². The van der Waals surface area contributed by atoms with Crippen LogP contribution in [0.4, 0.5) is 26.4 Å². The Bertz CT molecular complexity index is 1980. The van der Waals surface area contributed by atoms with Crippen molar-refractivity contribution in [1.29, 1.82) is 5.26 Å². The molecule has 0 saturated carbocycles. The van der Waals surface area contributed by atoms with E-state index in [0.29, 0.717) is 82.2 Å². The summed E-state index contributed by atoms with van der Waals surface area (Å²) in [6.45, 7) is 9.00. The van der Waals surface area contributed by atoms with Gasteiger partial charge in [-0.25, -0.2) is 14.2 Å². The van der Waals surface area contributed by atoms with Crippen LogP contribution in [0.1, 0.15) is 32.0 Å². The Hall–Kier alpha value is -5.15. The number of aromatic amines is 1. The lowest BCUT2D eigenvalue weighted by Crippen LogP contribution is -2.50. The Morgan fingerprint density at radius 1 is 1.16 bits per heavy atom. The number of amides is 1. The minimum atomic E-state index is -0.665. The molecule has 230 valence electrons. The number of H-pyrrole nitrogens is 1. The highest BCUT2D eigenvalue weighted by Gasteiger charge is 2.30. The van der Waals surface area contributed by atoms with Crippen LogP contribution < -0.4 is 15.0 Å². The number of aryl methyl sites for hydroxylation is 1. The topological polar surface area (TPSA) is 132 Å². The van der Waals surface area contributed by atoms with Crippen molar-refractivity contribution in [2.75, 3.05) is 36.4 Å². The van der Waals surface area contributed by atoms with Gasteiger partial charge in [-0.3, -0.25) is 10.1 Å². The smallest absolute Gasteiger partial charge is 0.410 e. The van der Waals surface area contributed by atoms with Gasteiger partial charge in [0.1, 0.15) is 33.6 Å². The maximum atomic E-state index is 14.8. The van der Waals surface area contributed by atoms with E-state index in [-0.39, 0.29) is 16.9 Å². The second kappa shape index (κ2) is 11.7. The average molecular weight is 629 g/mol. The molecule has 3 aromatic heterocycles. The van der Waals surface area contributed by atoms with Crippen LogP contribution in [0.25, 0.3) is 21.8 Å². The highest BCUT2D eigenvalue weighted by Crippen LogP contribution is 2.43. The predicted octanol–water partition coefficient (Wildman–Crippen LogP) is 7.07. The number of anilines is 3. The van der Waals surface area contributed by atoms with Gasteiger partial charge in [-0.1, -0.05) is 23.7 Å². The third-order valence-corrected chi connectivity index (χ3v) is 7.73. The summed E-state index contributed by atoms with van der Waals surface area (Å²) in [4.78, 5) is 25.7. The molecule has 0 bridgehead atoms. The molecule has 2 aromatic carbocycles. The van der Waals surface area contributed by atoms with Gasteiger partial charge in [0, 0.05) is 43.8 Å². The van der Waals surface area contributed by atoms with Crippen LogP contribution in [0.3, 0.4) is 0 Å². The lowest BCUT2D eigenvalue weighted by Gasteiger charge is -2.37. The minimum absolute atomic E-state index is 0.0872. The van der Waals surface area contributed by atoms with Gasteiger partial charge >= 0.3 is 6.09 Å². The Morgan fingerprint density at radius 2 is 1.93 bits per heavy atom. The predicted molar refractivity (Wildman–Crippen MR) is 170 cm³/mol. The standard InChI is InChI=1S/C32H30ClFN8O3/c1-18-23(8-6-10-36-18)38-30-20(16-35)28(41-11-13-42(14-12-41)31(43)45-32(2,3)4)19-7-5-9-25(27(19)39-30)44-29-21-17-37-40-24(21)15-22(34)26(29)33/h5-10,15,17H,11-14H2,1-4H3,(H,37,40)(H,38,39). The monoisotopic (exact) mass is 628 g/mol. The van der Waals surface area contributed by atoms with Gasteiger partial charge in [0.15, 0.2) is 17.3 Å². The number of hydrogen-bond acceptors (Lipinski definition) is 9. The van der Waals surface area contributed by atoms with E-state index in [4.69, 9.17) is 26.1 Å². The quantitative estimate of drug-likeness (QED) is 0.210. The van der Waals surface area contributed by atoms with Gasteiger partial charge in [0.25, 0.3) is 0 Å². The molecule has 0 aliphatic carbocycles. The Kier molecular flexibility index (Phi) is 7.80. The number of rotatable bonds is 5. The van der Waals surface area contributed by atoms with Crippen molar-refractivity contribution >= 4 is 56.7 Å². The van der Waals surface area contributed by atoms with Crippen molar-refractivity contribution in [2.45, 2.75) is 33.3 Å². The van der Waals surface area contributed by atoms with Crippen LogP contribution in [-0.4, -0.2) is 62.9 Å². The van der Waals surface area contributed by atoms with Crippen LogP contribution >= 0.6 is 11.6 Å². The number of nitrogens with zero attached hydrogens (tertiary/aromatic N) is 6. The number of nitrogens with one attached hydrogen (secondary N) is 2. The van der Waals surface area contributed by atoms with Crippen molar-refractivity contribution in [3.05, 3.63) is 70.9 Å². The summed E-state index contributed by atoms with van der Waals surface area (Å²) >= 11 is 6.39. The van der Waals surface area contributed by atoms with Gasteiger partial charge in [0.2, 0.25) is 0 Å². The zero-order valence-electron chi connectivity index (χ0n) is 25.1. The van der Waals surface area contributed by atoms with E-state index in [9.17, 15) is 14.4 Å². The number of hydrogen-bond donors (Lipinski definition) is 2. The third-order valence-electron chi connectivity index (χ3n) is 7.38. The lowest BCUT2D eigenvalue weighted by atomic mass is 10.1. The number of halogens is 2. The van der Waals surface area contributed by atoms with E-state index in [0.717, 1.165) is 0 Å². The molecule has 5 aromatic rings. The fraction of sp³-hybridized carbons (Fsp3) is 0.281. The average Bonchev–Trinajstić information content (AvgIpc) is 3.47. The highest BCUT2D eigenvalue weighted by atomic mass is 35.5. The highest BCUT2D eigenvalue weighted by molar-refractivity contribution is 6.33. The molecular formula is C32H30ClFN8O3. The van der Waals surface area contributed by atoms with Crippen molar-refractivity contribution in [1.82, 2.24) is 25.1 Å². The molecule has 45 heavy (non-hydrogen) atoms. The minimum Gasteiger partial charge on any atom is -0.453 e. The number of carbonyl (C=O) groups excluding carboxylic acids is 1. The second-order valence-electron chi connectivity index (χ2n) is 11.6. The summed E-state index contributed by atoms with van der Waals surface area (Å²) in [6.07, 6.45) is 2.81. The zero-order valence-corrected chi connectivity index (χ0v) is 25.9. The second-order valence-corrected chi connectivity index (χ2v) is 12.0. The molecule has 1 saturated heterocycles.